The van der Waals surface area contributed by atoms with Gasteiger partial charge in [0, 0.05) is 5.69 Å². The van der Waals surface area contributed by atoms with Gasteiger partial charge in [0.2, 0.25) is 5.91 Å². The summed E-state index contributed by atoms with van der Waals surface area (Å²) in [5, 5.41) is 6.34. The van der Waals surface area contributed by atoms with Gasteiger partial charge in [-0.15, -0.1) is 12.4 Å². The lowest BCUT2D eigenvalue weighted by atomic mass is 9.74. The highest BCUT2D eigenvalue weighted by molar-refractivity contribution is 6.06. The second-order valence-electron chi connectivity index (χ2n) is 4.84. The van der Waals surface area contributed by atoms with Crippen molar-refractivity contribution in [2.75, 3.05) is 18.4 Å². The minimum Gasteiger partial charge on any atom is -0.325 e. The fourth-order valence-electron chi connectivity index (χ4n) is 2.88. The second-order valence-corrected chi connectivity index (χ2v) is 4.84. The Labute approximate surface area is 107 Å². The monoisotopic (exact) mass is 252 g/mol. The minimum absolute atomic E-state index is 0. The van der Waals surface area contributed by atoms with Crippen LogP contribution in [-0.2, 0) is 10.2 Å². The first-order valence-electron chi connectivity index (χ1n) is 5.86. The highest BCUT2D eigenvalue weighted by Gasteiger charge is 2.46. The van der Waals surface area contributed by atoms with Gasteiger partial charge in [-0.1, -0.05) is 17.7 Å². The van der Waals surface area contributed by atoms with Gasteiger partial charge in [-0.05, 0) is 44.5 Å². The number of carbonyl (C=O) groups is 1. The minimum atomic E-state index is -0.257. The average molecular weight is 253 g/mol. The quantitative estimate of drug-likeness (QED) is 0.742. The molecule has 2 N–H and O–H groups in total. The number of nitrogens with one attached hydrogen (secondary N) is 2. The van der Waals surface area contributed by atoms with Crippen LogP contribution in [0.25, 0.3) is 0 Å². The molecule has 0 unspecified atom stereocenters. The van der Waals surface area contributed by atoms with E-state index in [1.165, 1.54) is 11.1 Å². The molecule has 1 spiro atoms. The Hall–Kier alpha value is -1.06. The van der Waals surface area contributed by atoms with Crippen LogP contribution in [0.5, 0.6) is 0 Å². The Kier molecular flexibility index (Phi) is 3.15. The molecule has 0 bridgehead atoms. The first-order valence-corrected chi connectivity index (χ1v) is 5.86. The number of anilines is 1. The van der Waals surface area contributed by atoms with Crippen LogP contribution >= 0.6 is 12.4 Å². The summed E-state index contributed by atoms with van der Waals surface area (Å²) in [6, 6.07) is 6.25. The molecule has 3 rings (SSSR count). The zero-order valence-corrected chi connectivity index (χ0v) is 10.7. The molecule has 1 fully saturated rings. The molecule has 2 heterocycles. The van der Waals surface area contributed by atoms with Crippen LogP contribution in [0.2, 0.25) is 0 Å². The van der Waals surface area contributed by atoms with Crippen molar-refractivity contribution in [3.05, 3.63) is 29.3 Å². The lowest BCUT2D eigenvalue weighted by molar-refractivity contribution is -0.121. The maximum Gasteiger partial charge on any atom is 0.235 e. The molecule has 17 heavy (non-hydrogen) atoms. The molecule has 2 aliphatic heterocycles. The van der Waals surface area contributed by atoms with Crippen molar-refractivity contribution in [3.8, 4) is 0 Å². The molecule has 92 valence electrons. The van der Waals surface area contributed by atoms with E-state index in [0.717, 1.165) is 31.6 Å². The van der Waals surface area contributed by atoms with Gasteiger partial charge in [0.25, 0.3) is 0 Å². The topological polar surface area (TPSA) is 41.1 Å². The van der Waals surface area contributed by atoms with E-state index in [-0.39, 0.29) is 23.7 Å². The summed E-state index contributed by atoms with van der Waals surface area (Å²) in [7, 11) is 0. The van der Waals surface area contributed by atoms with Gasteiger partial charge in [0.05, 0.1) is 5.41 Å². The molecular weight excluding hydrogens is 236 g/mol. The van der Waals surface area contributed by atoms with Crippen molar-refractivity contribution in [1.82, 2.24) is 5.32 Å². The molecule has 2 aliphatic rings. The van der Waals surface area contributed by atoms with E-state index in [9.17, 15) is 4.79 Å². The Morgan fingerprint density at radius 3 is 2.65 bits per heavy atom. The fourth-order valence-corrected chi connectivity index (χ4v) is 2.88. The summed E-state index contributed by atoms with van der Waals surface area (Å²) in [4.78, 5) is 12.2. The third-order valence-electron chi connectivity index (χ3n) is 3.83. The molecule has 0 saturated carbocycles. The van der Waals surface area contributed by atoms with Gasteiger partial charge in [0.1, 0.15) is 0 Å². The van der Waals surface area contributed by atoms with Crippen molar-refractivity contribution in [2.24, 2.45) is 0 Å². The van der Waals surface area contributed by atoms with E-state index in [4.69, 9.17) is 0 Å². The molecule has 0 atom stereocenters. The van der Waals surface area contributed by atoms with Crippen LogP contribution in [0.15, 0.2) is 18.2 Å². The molecule has 1 amide bonds. The molecular formula is C13H17ClN2O. The zero-order valence-electron chi connectivity index (χ0n) is 9.88. The smallest absolute Gasteiger partial charge is 0.235 e. The first-order chi connectivity index (χ1) is 7.72. The lowest BCUT2D eigenvalue weighted by Gasteiger charge is -2.32. The van der Waals surface area contributed by atoms with E-state index in [1.54, 1.807) is 0 Å². The van der Waals surface area contributed by atoms with Crippen molar-refractivity contribution >= 4 is 24.0 Å². The van der Waals surface area contributed by atoms with Crippen LogP contribution in [0.4, 0.5) is 5.69 Å². The zero-order chi connectivity index (χ0) is 11.2. The Morgan fingerprint density at radius 1 is 1.24 bits per heavy atom. The van der Waals surface area contributed by atoms with Crippen molar-refractivity contribution in [1.29, 1.82) is 0 Å². The van der Waals surface area contributed by atoms with Crippen LogP contribution in [0.3, 0.4) is 0 Å². The summed E-state index contributed by atoms with van der Waals surface area (Å²) < 4.78 is 0. The molecule has 4 heteroatoms. The summed E-state index contributed by atoms with van der Waals surface area (Å²) in [5.74, 6) is 0.189. The van der Waals surface area contributed by atoms with Gasteiger partial charge in [0.15, 0.2) is 0 Å². The van der Waals surface area contributed by atoms with E-state index in [2.05, 4.69) is 29.7 Å². The van der Waals surface area contributed by atoms with Gasteiger partial charge in [-0.3, -0.25) is 4.79 Å². The van der Waals surface area contributed by atoms with Crippen molar-refractivity contribution in [3.63, 3.8) is 0 Å². The van der Waals surface area contributed by atoms with Crippen molar-refractivity contribution in [2.45, 2.75) is 25.2 Å². The second kappa shape index (κ2) is 4.31. The lowest BCUT2D eigenvalue weighted by Crippen LogP contribution is -2.44. The fraction of sp³-hybridized carbons (Fsp3) is 0.462. The Balaban J connectivity index is 0.00000108. The maximum atomic E-state index is 12.2. The molecule has 0 radical (unpaired) electrons. The van der Waals surface area contributed by atoms with Crippen LogP contribution in [-0.4, -0.2) is 19.0 Å². The SMILES string of the molecule is Cc1ccc2c(c1)C1(CCNCC1)C(=O)N2.Cl. The summed E-state index contributed by atoms with van der Waals surface area (Å²) in [5.41, 5.74) is 3.19. The predicted octanol–water partition coefficient (Wildman–Crippen LogP) is 1.99. The van der Waals surface area contributed by atoms with Crippen LogP contribution < -0.4 is 10.6 Å². The molecule has 0 aromatic heterocycles. The maximum absolute atomic E-state index is 12.2. The molecule has 1 saturated heterocycles. The number of amides is 1. The number of carbonyl (C=O) groups excluding carboxylic acids is 1. The molecule has 0 aliphatic carbocycles. The summed E-state index contributed by atoms with van der Waals surface area (Å²) >= 11 is 0. The van der Waals surface area contributed by atoms with Crippen LogP contribution in [0, 0.1) is 6.92 Å². The normalized spacial score (nSPS) is 20.6. The van der Waals surface area contributed by atoms with E-state index in [0.29, 0.717) is 0 Å². The Morgan fingerprint density at radius 2 is 1.94 bits per heavy atom. The number of fused-ring (bicyclic) bond motifs is 2. The standard InChI is InChI=1S/C13H16N2O.ClH/c1-9-2-3-11-10(8-9)13(12(16)15-11)4-6-14-7-5-13;/h2-3,8,14H,4-7H2,1H3,(H,15,16);1H. The number of rotatable bonds is 0. The van der Waals surface area contributed by atoms with Crippen molar-refractivity contribution < 1.29 is 4.79 Å². The van der Waals surface area contributed by atoms with Gasteiger partial charge < -0.3 is 10.6 Å². The largest absolute Gasteiger partial charge is 0.325 e. The molecule has 1 aromatic carbocycles. The van der Waals surface area contributed by atoms with E-state index >= 15 is 0 Å². The highest BCUT2D eigenvalue weighted by atomic mass is 35.5. The average Bonchev–Trinajstić information content (AvgIpc) is 2.55. The third-order valence-corrected chi connectivity index (χ3v) is 3.83. The molecule has 1 aromatic rings. The van der Waals surface area contributed by atoms with Gasteiger partial charge in [-0.2, -0.15) is 0 Å². The summed E-state index contributed by atoms with van der Waals surface area (Å²) in [6.07, 6.45) is 1.82. The first kappa shape index (κ1) is 12.4. The van der Waals surface area contributed by atoms with E-state index < -0.39 is 0 Å². The number of piperidine rings is 1. The predicted molar refractivity (Wildman–Crippen MR) is 70.8 cm³/mol. The van der Waals surface area contributed by atoms with Gasteiger partial charge >= 0.3 is 0 Å². The Bertz CT molecular complexity index is 453. The number of hydrogen-bond acceptors (Lipinski definition) is 2. The third kappa shape index (κ3) is 1.74. The van der Waals surface area contributed by atoms with Crippen LogP contribution in [0.1, 0.15) is 24.0 Å². The number of halogens is 1. The number of hydrogen-bond donors (Lipinski definition) is 2. The highest BCUT2D eigenvalue weighted by Crippen LogP contribution is 2.43. The van der Waals surface area contributed by atoms with E-state index in [1.807, 2.05) is 6.07 Å². The molecule has 3 nitrogen and oxygen atoms in total. The number of benzene rings is 1. The number of aryl methyl sites for hydroxylation is 1. The summed E-state index contributed by atoms with van der Waals surface area (Å²) in [6.45, 7) is 3.94. The van der Waals surface area contributed by atoms with Gasteiger partial charge in [-0.25, -0.2) is 0 Å².